The van der Waals surface area contributed by atoms with Crippen molar-refractivity contribution < 1.29 is 18.7 Å². The van der Waals surface area contributed by atoms with Gasteiger partial charge in [-0.25, -0.2) is 4.39 Å². The normalized spacial score (nSPS) is 15.2. The Bertz CT molecular complexity index is 1190. The molecule has 33 heavy (non-hydrogen) atoms. The third-order valence-corrected chi connectivity index (χ3v) is 5.50. The summed E-state index contributed by atoms with van der Waals surface area (Å²) in [7, 11) is 3.13. The van der Waals surface area contributed by atoms with Crippen LogP contribution in [0.3, 0.4) is 0 Å². The van der Waals surface area contributed by atoms with Crippen molar-refractivity contribution in [2.24, 2.45) is 0 Å². The first-order valence-electron chi connectivity index (χ1n) is 10.5. The number of halogens is 1. The first kappa shape index (κ1) is 22.1. The molecule has 0 bridgehead atoms. The van der Waals surface area contributed by atoms with Gasteiger partial charge in [-0.15, -0.1) is 0 Å². The number of benzene rings is 3. The summed E-state index contributed by atoms with van der Waals surface area (Å²) in [6.45, 7) is 0.220. The van der Waals surface area contributed by atoms with Crippen molar-refractivity contribution in [3.05, 3.63) is 101 Å². The second-order valence-corrected chi connectivity index (χ2v) is 7.65. The van der Waals surface area contributed by atoms with Crippen molar-refractivity contribution in [2.45, 2.75) is 12.7 Å². The maximum Gasteiger partial charge on any atom is 0.261 e. The van der Waals surface area contributed by atoms with Gasteiger partial charge in [0.2, 0.25) is 0 Å². The van der Waals surface area contributed by atoms with E-state index in [4.69, 9.17) is 4.74 Å². The molecule has 2 amide bonds. The van der Waals surface area contributed by atoms with Gasteiger partial charge in [-0.3, -0.25) is 9.59 Å². The van der Waals surface area contributed by atoms with Gasteiger partial charge in [-0.2, -0.15) is 0 Å². The summed E-state index contributed by atoms with van der Waals surface area (Å²) < 4.78 is 18.6. The van der Waals surface area contributed by atoms with Crippen LogP contribution >= 0.6 is 0 Å². The highest BCUT2D eigenvalue weighted by molar-refractivity contribution is 6.09. The number of methoxy groups -OCH3 is 1. The molecular weight excluding hydrogens is 421 g/mol. The van der Waals surface area contributed by atoms with E-state index >= 15 is 0 Å². The van der Waals surface area contributed by atoms with Gasteiger partial charge in [0.25, 0.3) is 11.8 Å². The number of likely N-dealkylation sites (N-methyl/N-ethyl adjacent to an activating group) is 1. The van der Waals surface area contributed by atoms with E-state index in [0.717, 1.165) is 11.1 Å². The number of hydrogen-bond donors (Lipinski definition) is 2. The molecule has 0 radical (unpaired) electrons. The lowest BCUT2D eigenvalue weighted by molar-refractivity contribution is 0.0759. The quantitative estimate of drug-likeness (QED) is 0.594. The highest BCUT2D eigenvalue weighted by Crippen LogP contribution is 2.35. The summed E-state index contributed by atoms with van der Waals surface area (Å²) in [5, 5.41) is 6.11. The van der Waals surface area contributed by atoms with Crippen molar-refractivity contribution in [1.29, 1.82) is 0 Å². The fraction of sp³-hybridized carbons (Fsp3) is 0.154. The van der Waals surface area contributed by atoms with Crippen LogP contribution in [0.2, 0.25) is 0 Å². The maximum absolute atomic E-state index is 13.2. The van der Waals surface area contributed by atoms with Crippen molar-refractivity contribution in [3.63, 3.8) is 0 Å². The number of hydrogen-bond acceptors (Lipinski definition) is 4. The molecule has 4 rings (SSSR count). The zero-order valence-electron chi connectivity index (χ0n) is 18.3. The molecule has 1 heterocycles. The number of carbonyl (C=O) groups is 2. The molecule has 7 heteroatoms. The van der Waals surface area contributed by atoms with Crippen LogP contribution in [-0.2, 0) is 6.54 Å². The molecule has 1 aliphatic heterocycles. The number of fused-ring (bicyclic) bond motifs is 1. The molecule has 2 N–H and O–H groups in total. The van der Waals surface area contributed by atoms with E-state index in [1.54, 1.807) is 36.2 Å². The van der Waals surface area contributed by atoms with Crippen molar-refractivity contribution in [1.82, 2.24) is 10.2 Å². The molecular formula is C26H24FN3O3. The fourth-order valence-corrected chi connectivity index (χ4v) is 3.69. The fourth-order valence-electron chi connectivity index (χ4n) is 3.69. The number of rotatable bonds is 6. The number of anilines is 1. The summed E-state index contributed by atoms with van der Waals surface area (Å²) in [4.78, 5) is 27.6. The molecule has 0 aliphatic carbocycles. The Hall–Kier alpha value is -4.13. The molecule has 168 valence electrons. The van der Waals surface area contributed by atoms with E-state index in [0.29, 0.717) is 11.3 Å². The summed E-state index contributed by atoms with van der Waals surface area (Å²) >= 11 is 0. The molecule has 0 aromatic heterocycles. The Balaban J connectivity index is 1.56. The minimum Gasteiger partial charge on any atom is -0.495 e. The van der Waals surface area contributed by atoms with Crippen LogP contribution in [0.25, 0.3) is 6.08 Å². The highest BCUT2D eigenvalue weighted by atomic mass is 19.1. The Labute approximate surface area is 191 Å². The predicted octanol–water partition coefficient (Wildman–Crippen LogP) is 4.30. The summed E-state index contributed by atoms with van der Waals surface area (Å²) in [6.07, 6.45) is 3.50. The van der Waals surface area contributed by atoms with Crippen LogP contribution in [0.1, 0.15) is 31.8 Å². The van der Waals surface area contributed by atoms with Crippen LogP contribution in [0, 0.1) is 5.82 Å². The Kier molecular flexibility index (Phi) is 6.40. The topological polar surface area (TPSA) is 70.7 Å². The van der Waals surface area contributed by atoms with Gasteiger partial charge < -0.3 is 20.3 Å². The van der Waals surface area contributed by atoms with E-state index in [-0.39, 0.29) is 41.7 Å². The van der Waals surface area contributed by atoms with Crippen LogP contribution < -0.4 is 15.4 Å². The van der Waals surface area contributed by atoms with E-state index in [9.17, 15) is 14.0 Å². The van der Waals surface area contributed by atoms with Crippen molar-refractivity contribution in [2.75, 3.05) is 19.5 Å². The number of ether oxygens (including phenoxy) is 1. The maximum atomic E-state index is 13.2. The molecule has 0 spiro atoms. The standard InChI is InChI=1S/C26H24FN3O3/c1-30-22(15-10-17-6-4-3-5-7-17)29-21-14-13-20(24(33-2)23(21)26(30)32)25(31)28-16-18-8-11-19(27)12-9-18/h3-15,22,29H,16H2,1-2H3,(H,28,31)/b15-10+. The number of amides is 2. The molecule has 0 fully saturated rings. The minimum atomic E-state index is -0.388. The van der Waals surface area contributed by atoms with E-state index in [1.807, 2.05) is 42.5 Å². The van der Waals surface area contributed by atoms with Crippen LogP contribution in [0.4, 0.5) is 10.1 Å². The Morgan fingerprint density at radius 3 is 2.55 bits per heavy atom. The molecule has 3 aromatic carbocycles. The van der Waals surface area contributed by atoms with Gasteiger partial charge in [0, 0.05) is 13.6 Å². The molecule has 0 saturated heterocycles. The average molecular weight is 445 g/mol. The van der Waals surface area contributed by atoms with Gasteiger partial charge in [-0.05, 0) is 41.5 Å². The largest absolute Gasteiger partial charge is 0.495 e. The van der Waals surface area contributed by atoms with Gasteiger partial charge in [-0.1, -0.05) is 48.5 Å². The van der Waals surface area contributed by atoms with Crippen LogP contribution in [0.15, 0.2) is 72.8 Å². The molecule has 1 unspecified atom stereocenters. The van der Waals surface area contributed by atoms with Gasteiger partial charge in [0.15, 0.2) is 0 Å². The third kappa shape index (κ3) is 4.72. The molecule has 0 saturated carbocycles. The smallest absolute Gasteiger partial charge is 0.261 e. The van der Waals surface area contributed by atoms with Gasteiger partial charge >= 0.3 is 0 Å². The second kappa shape index (κ2) is 9.56. The third-order valence-electron chi connectivity index (χ3n) is 5.50. The number of nitrogens with zero attached hydrogens (tertiary/aromatic N) is 1. The monoisotopic (exact) mass is 445 g/mol. The zero-order valence-corrected chi connectivity index (χ0v) is 18.3. The molecule has 1 atom stereocenters. The van der Waals surface area contributed by atoms with E-state index in [1.165, 1.54) is 19.2 Å². The lowest BCUT2D eigenvalue weighted by atomic mass is 10.0. The highest BCUT2D eigenvalue weighted by Gasteiger charge is 2.33. The Morgan fingerprint density at radius 2 is 1.85 bits per heavy atom. The van der Waals surface area contributed by atoms with Crippen LogP contribution in [-0.4, -0.2) is 37.0 Å². The van der Waals surface area contributed by atoms with Crippen molar-refractivity contribution in [3.8, 4) is 5.75 Å². The van der Waals surface area contributed by atoms with Gasteiger partial charge in [0.1, 0.15) is 23.3 Å². The van der Waals surface area contributed by atoms with Crippen LogP contribution in [0.5, 0.6) is 5.75 Å². The van der Waals surface area contributed by atoms with Crippen molar-refractivity contribution >= 4 is 23.6 Å². The zero-order chi connectivity index (χ0) is 23.4. The van der Waals surface area contributed by atoms with E-state index in [2.05, 4.69) is 10.6 Å². The lowest BCUT2D eigenvalue weighted by Crippen LogP contribution is -2.45. The first-order chi connectivity index (χ1) is 16.0. The molecule has 3 aromatic rings. The molecule has 6 nitrogen and oxygen atoms in total. The van der Waals surface area contributed by atoms with Gasteiger partial charge in [0.05, 0.1) is 18.4 Å². The SMILES string of the molecule is COc1c(C(=O)NCc2ccc(F)cc2)ccc2c1C(=O)N(C)C(/C=C/c1ccccc1)N2. The first-order valence-corrected chi connectivity index (χ1v) is 10.5. The lowest BCUT2D eigenvalue weighted by Gasteiger charge is -2.34. The second-order valence-electron chi connectivity index (χ2n) is 7.65. The number of carbonyl (C=O) groups excluding carboxylic acids is 2. The predicted molar refractivity (Wildman–Crippen MR) is 126 cm³/mol. The number of nitrogens with one attached hydrogen (secondary N) is 2. The van der Waals surface area contributed by atoms with E-state index < -0.39 is 0 Å². The minimum absolute atomic E-state index is 0.207. The molecule has 1 aliphatic rings. The summed E-state index contributed by atoms with van der Waals surface area (Å²) in [6, 6.07) is 19.0. The summed E-state index contributed by atoms with van der Waals surface area (Å²) in [5.41, 5.74) is 2.93. The average Bonchev–Trinajstić information content (AvgIpc) is 2.84. The Morgan fingerprint density at radius 1 is 1.12 bits per heavy atom. The summed E-state index contributed by atoms with van der Waals surface area (Å²) in [5.74, 6) is -0.774.